The lowest BCUT2D eigenvalue weighted by molar-refractivity contribution is 0.0413. The number of carbonyl (C=O) groups excluding carboxylic acids is 2. The van der Waals surface area contributed by atoms with E-state index in [9.17, 15) is 9.59 Å². The van der Waals surface area contributed by atoms with E-state index in [1.807, 2.05) is 12.1 Å². The van der Waals surface area contributed by atoms with Crippen LogP contribution in [0, 0.1) is 11.8 Å². The number of esters is 2. The Hall–Kier alpha value is -0.700. The first-order valence-corrected chi connectivity index (χ1v) is 27.5. The summed E-state index contributed by atoms with van der Waals surface area (Å²) < 4.78 is 13.6. The van der Waals surface area contributed by atoms with Gasteiger partial charge in [0.1, 0.15) is 0 Å². The van der Waals surface area contributed by atoms with Crippen LogP contribution in [-0.4, -0.2) is 25.2 Å². The van der Waals surface area contributed by atoms with Crippen LogP contribution < -0.4 is 0 Å². The predicted molar refractivity (Wildman–Crippen MR) is 261 cm³/mol. The summed E-state index contributed by atoms with van der Waals surface area (Å²) >= 11 is 10.4. The second-order valence-electron chi connectivity index (χ2n) is 17.2. The van der Waals surface area contributed by atoms with Crippen molar-refractivity contribution < 1.29 is 19.1 Å². The maximum absolute atomic E-state index is 13.5. The molecule has 0 saturated heterocycles. The molecule has 2 atom stereocenters. The number of thiophene rings is 2. The average molecular weight is 973 g/mol. The Bertz CT molecular complexity index is 1210. The molecule has 4 nitrogen and oxygen atoms in total. The molecule has 0 amide bonds. The second-order valence-corrected chi connectivity index (χ2v) is 21.9. The third-order valence-electron chi connectivity index (χ3n) is 11.8. The first-order valence-electron chi connectivity index (χ1n) is 24.3. The summed E-state index contributed by atoms with van der Waals surface area (Å²) in [6.45, 7) is 10.1. The molecule has 2 heterocycles. The quantitative estimate of drug-likeness (QED) is 0.0495. The van der Waals surface area contributed by atoms with Crippen molar-refractivity contribution in [3.8, 4) is 9.75 Å². The summed E-state index contributed by atoms with van der Waals surface area (Å²) in [7, 11) is 0. The number of rotatable bonds is 39. The van der Waals surface area contributed by atoms with E-state index in [1.165, 1.54) is 202 Å². The first-order chi connectivity index (χ1) is 28.3. The fourth-order valence-electron chi connectivity index (χ4n) is 7.98. The van der Waals surface area contributed by atoms with Crippen LogP contribution in [0.15, 0.2) is 19.7 Å². The molecule has 2 aromatic rings. The van der Waals surface area contributed by atoms with E-state index in [2.05, 4.69) is 59.6 Å². The standard InChI is InChI=1S/C50H84Br2O4S2/c1-5-9-13-17-21-23-27-31-35-41(33-29-25-19-15-11-7-3)39-55-49(53)43-37-45(57-47(43)51)46-38-44(48(52)58-46)50(54)56-40-42(34-30-26-20-16-12-8-4)36-32-28-24-22-18-14-10-6-2/h37-38,41-42H,5-36,39-40H2,1-4H3. The molecule has 0 fully saturated rings. The molecular formula is C50H84Br2O4S2. The zero-order valence-corrected chi connectivity index (χ0v) is 42.4. The Labute approximate surface area is 381 Å². The van der Waals surface area contributed by atoms with Gasteiger partial charge < -0.3 is 9.47 Å². The van der Waals surface area contributed by atoms with Crippen LogP contribution in [0.2, 0.25) is 0 Å². The van der Waals surface area contributed by atoms with Gasteiger partial charge in [-0.3, -0.25) is 0 Å². The fraction of sp³-hybridized carbons (Fsp3) is 0.800. The third-order valence-corrected chi connectivity index (χ3v) is 15.7. The van der Waals surface area contributed by atoms with E-state index in [4.69, 9.17) is 9.47 Å². The Morgan fingerprint density at radius 1 is 0.431 bits per heavy atom. The SMILES string of the molecule is CCCCCCCCCCC(CCCCCCCC)COC(=O)c1cc(-c2cc(C(=O)OCC(CCCCCCCC)CCCCCCCCCC)c(Br)s2)sc1Br. The number of hydrogen-bond donors (Lipinski definition) is 0. The van der Waals surface area contributed by atoms with Crippen LogP contribution in [-0.2, 0) is 9.47 Å². The highest BCUT2D eigenvalue weighted by Gasteiger charge is 2.23. The lowest BCUT2D eigenvalue weighted by atomic mass is 9.94. The Morgan fingerprint density at radius 2 is 0.672 bits per heavy atom. The molecule has 0 aliphatic rings. The van der Waals surface area contributed by atoms with Crippen molar-refractivity contribution in [2.24, 2.45) is 11.8 Å². The zero-order valence-electron chi connectivity index (χ0n) is 37.6. The van der Waals surface area contributed by atoms with Gasteiger partial charge in [0, 0.05) is 9.75 Å². The summed E-state index contributed by atoms with van der Waals surface area (Å²) in [5.41, 5.74) is 1.13. The van der Waals surface area contributed by atoms with Crippen molar-refractivity contribution in [1.82, 2.24) is 0 Å². The number of unbranched alkanes of at least 4 members (excludes halogenated alkanes) is 24. The predicted octanol–water partition coefficient (Wildman–Crippen LogP) is 19.1. The van der Waals surface area contributed by atoms with Gasteiger partial charge >= 0.3 is 11.9 Å². The fourth-order valence-corrected chi connectivity index (χ4v) is 11.4. The lowest BCUT2D eigenvalue weighted by Gasteiger charge is -2.17. The Balaban J connectivity index is 1.95. The van der Waals surface area contributed by atoms with Gasteiger partial charge in [-0.05, 0) is 81.5 Å². The molecule has 0 N–H and O–H groups in total. The van der Waals surface area contributed by atoms with E-state index in [0.717, 1.165) is 43.0 Å². The number of ether oxygens (including phenoxy) is 2. The largest absolute Gasteiger partial charge is 0.462 e. The van der Waals surface area contributed by atoms with Crippen LogP contribution in [0.5, 0.6) is 0 Å². The molecule has 0 aliphatic heterocycles. The van der Waals surface area contributed by atoms with Crippen LogP contribution in [0.3, 0.4) is 0 Å². The van der Waals surface area contributed by atoms with E-state index < -0.39 is 0 Å². The summed E-state index contributed by atoms with van der Waals surface area (Å²) in [6.07, 6.45) is 41.0. The third kappa shape index (κ3) is 24.7. The normalized spacial score (nSPS) is 12.6. The second kappa shape index (κ2) is 35.9. The van der Waals surface area contributed by atoms with Gasteiger partial charge in [-0.1, -0.05) is 207 Å². The van der Waals surface area contributed by atoms with Gasteiger partial charge in [-0.15, -0.1) is 22.7 Å². The lowest BCUT2D eigenvalue weighted by Crippen LogP contribution is -2.15. The first kappa shape index (κ1) is 53.4. The zero-order chi connectivity index (χ0) is 42.1. The molecular weight excluding hydrogens is 888 g/mol. The van der Waals surface area contributed by atoms with E-state index >= 15 is 0 Å². The van der Waals surface area contributed by atoms with Crippen molar-refractivity contribution in [2.45, 2.75) is 233 Å². The summed E-state index contributed by atoms with van der Waals surface area (Å²) in [5.74, 6) is 0.307. The minimum absolute atomic E-state index is 0.263. The summed E-state index contributed by atoms with van der Waals surface area (Å²) in [6, 6.07) is 3.85. The topological polar surface area (TPSA) is 52.6 Å². The van der Waals surface area contributed by atoms with Crippen LogP contribution in [0.4, 0.5) is 0 Å². The van der Waals surface area contributed by atoms with Gasteiger partial charge in [-0.25, -0.2) is 9.59 Å². The molecule has 334 valence electrons. The van der Waals surface area contributed by atoms with Crippen molar-refractivity contribution in [3.05, 3.63) is 30.8 Å². The average Bonchev–Trinajstić information content (AvgIpc) is 3.81. The molecule has 0 saturated carbocycles. The van der Waals surface area contributed by atoms with Crippen molar-refractivity contribution in [1.29, 1.82) is 0 Å². The van der Waals surface area contributed by atoms with Crippen molar-refractivity contribution in [3.63, 3.8) is 0 Å². The molecule has 0 radical (unpaired) electrons. The minimum Gasteiger partial charge on any atom is -0.462 e. The van der Waals surface area contributed by atoms with E-state index in [1.54, 1.807) is 0 Å². The van der Waals surface area contributed by atoms with Gasteiger partial charge in [0.05, 0.1) is 31.9 Å². The molecule has 58 heavy (non-hydrogen) atoms. The van der Waals surface area contributed by atoms with Gasteiger partial charge in [0.15, 0.2) is 0 Å². The number of halogens is 2. The van der Waals surface area contributed by atoms with Gasteiger partial charge in [-0.2, -0.15) is 0 Å². The van der Waals surface area contributed by atoms with Crippen LogP contribution >= 0.6 is 54.5 Å². The molecule has 0 spiro atoms. The number of carbonyl (C=O) groups is 2. The Morgan fingerprint density at radius 3 is 0.931 bits per heavy atom. The van der Waals surface area contributed by atoms with Crippen LogP contribution in [0.1, 0.15) is 254 Å². The summed E-state index contributed by atoms with van der Waals surface area (Å²) in [5, 5.41) is 0. The molecule has 0 bridgehead atoms. The smallest absolute Gasteiger partial charge is 0.340 e. The van der Waals surface area contributed by atoms with E-state index in [0.29, 0.717) is 36.2 Å². The molecule has 0 aromatic carbocycles. The van der Waals surface area contributed by atoms with Crippen LogP contribution in [0.25, 0.3) is 9.75 Å². The monoisotopic (exact) mass is 970 g/mol. The molecule has 2 aromatic heterocycles. The highest BCUT2D eigenvalue weighted by atomic mass is 79.9. The summed E-state index contributed by atoms with van der Waals surface area (Å²) in [4.78, 5) is 28.8. The van der Waals surface area contributed by atoms with Gasteiger partial charge in [0.2, 0.25) is 0 Å². The highest BCUT2D eigenvalue weighted by Crippen LogP contribution is 2.42. The minimum atomic E-state index is -0.263. The van der Waals surface area contributed by atoms with Crippen molar-refractivity contribution in [2.75, 3.05) is 13.2 Å². The van der Waals surface area contributed by atoms with Crippen molar-refractivity contribution >= 4 is 66.5 Å². The molecule has 8 heteroatoms. The highest BCUT2D eigenvalue weighted by molar-refractivity contribution is 9.11. The Kier molecular flexibility index (Phi) is 33.0. The molecule has 2 unspecified atom stereocenters. The number of hydrogen-bond acceptors (Lipinski definition) is 6. The molecule has 2 rings (SSSR count). The van der Waals surface area contributed by atoms with E-state index in [-0.39, 0.29) is 11.9 Å². The van der Waals surface area contributed by atoms with Gasteiger partial charge in [0.25, 0.3) is 0 Å². The maximum atomic E-state index is 13.5. The maximum Gasteiger partial charge on any atom is 0.340 e. The molecule has 0 aliphatic carbocycles.